The zero-order chi connectivity index (χ0) is 19.3. The lowest BCUT2D eigenvalue weighted by molar-refractivity contribution is -0.122. The molecule has 6 nitrogen and oxygen atoms in total. The molecule has 26 heavy (non-hydrogen) atoms. The molecule has 0 aliphatic heterocycles. The van der Waals surface area contributed by atoms with Crippen molar-refractivity contribution in [3.8, 4) is 0 Å². The van der Waals surface area contributed by atoms with Crippen molar-refractivity contribution < 1.29 is 9.59 Å². The van der Waals surface area contributed by atoms with Gasteiger partial charge in [0, 0.05) is 11.9 Å². The predicted octanol–water partition coefficient (Wildman–Crippen LogP) is 3.25. The third kappa shape index (κ3) is 5.28. The number of pyridine rings is 1. The van der Waals surface area contributed by atoms with E-state index in [0.717, 1.165) is 16.8 Å². The molecule has 0 aliphatic rings. The van der Waals surface area contributed by atoms with Crippen LogP contribution in [0, 0.1) is 13.8 Å². The Morgan fingerprint density at radius 1 is 1.19 bits per heavy atom. The summed E-state index contributed by atoms with van der Waals surface area (Å²) in [5.41, 5.74) is 2.92. The second kappa shape index (κ2) is 8.78. The van der Waals surface area contributed by atoms with Crippen LogP contribution in [-0.2, 0) is 9.59 Å². The van der Waals surface area contributed by atoms with Crippen molar-refractivity contribution in [3.63, 3.8) is 0 Å². The van der Waals surface area contributed by atoms with E-state index >= 15 is 0 Å². The number of hydrogen-bond donors (Lipinski definition) is 2. The lowest BCUT2D eigenvalue weighted by atomic mass is 10.1. The molecule has 7 heteroatoms. The normalized spacial score (nSPS) is 11.9. The number of benzene rings is 1. The van der Waals surface area contributed by atoms with Gasteiger partial charge in [-0.1, -0.05) is 23.7 Å². The largest absolute Gasteiger partial charge is 0.325 e. The van der Waals surface area contributed by atoms with E-state index in [1.807, 2.05) is 32.0 Å². The second-order valence-electron chi connectivity index (χ2n) is 6.24. The second-order valence-corrected chi connectivity index (χ2v) is 6.67. The van der Waals surface area contributed by atoms with Crippen LogP contribution in [0.2, 0.25) is 5.02 Å². The SMILES string of the molecule is Cc1cccc(NC(=O)CN(C)[C@@H](C)C(=O)Nc2ccc(Cl)cn2)c1C. The van der Waals surface area contributed by atoms with Gasteiger partial charge in [-0.15, -0.1) is 0 Å². The number of hydrogen-bond acceptors (Lipinski definition) is 4. The van der Waals surface area contributed by atoms with Crippen LogP contribution in [0.25, 0.3) is 0 Å². The highest BCUT2D eigenvalue weighted by atomic mass is 35.5. The maximum Gasteiger partial charge on any atom is 0.242 e. The summed E-state index contributed by atoms with van der Waals surface area (Å²) in [5, 5.41) is 6.10. The smallest absolute Gasteiger partial charge is 0.242 e. The van der Waals surface area contributed by atoms with Crippen molar-refractivity contribution >= 4 is 34.9 Å². The highest BCUT2D eigenvalue weighted by molar-refractivity contribution is 6.30. The molecular weight excluding hydrogens is 352 g/mol. The van der Waals surface area contributed by atoms with Gasteiger partial charge in [-0.2, -0.15) is 0 Å². The molecule has 2 N–H and O–H groups in total. The van der Waals surface area contributed by atoms with E-state index in [1.54, 1.807) is 31.0 Å². The zero-order valence-electron chi connectivity index (χ0n) is 15.3. The van der Waals surface area contributed by atoms with Crippen LogP contribution in [0.1, 0.15) is 18.1 Å². The van der Waals surface area contributed by atoms with Gasteiger partial charge in [0.15, 0.2) is 0 Å². The fraction of sp³-hybridized carbons (Fsp3) is 0.316. The standard InChI is InChI=1S/C19H23ClN4O2/c1-12-6-5-7-16(13(12)2)22-18(25)11-24(4)14(3)19(26)23-17-9-8-15(20)10-21-17/h5-10,14H,11H2,1-4H3,(H,22,25)(H,21,23,26)/t14-/m0/s1. The predicted molar refractivity (Wildman–Crippen MR) is 105 cm³/mol. The number of nitrogens with one attached hydrogen (secondary N) is 2. The van der Waals surface area contributed by atoms with Crippen molar-refractivity contribution in [1.29, 1.82) is 0 Å². The number of aryl methyl sites for hydroxylation is 1. The van der Waals surface area contributed by atoms with E-state index in [1.165, 1.54) is 6.20 Å². The number of aromatic nitrogens is 1. The first-order valence-electron chi connectivity index (χ1n) is 8.26. The molecule has 0 saturated carbocycles. The molecule has 2 aromatic rings. The molecule has 2 rings (SSSR count). The number of anilines is 2. The number of carbonyl (C=O) groups is 2. The summed E-state index contributed by atoms with van der Waals surface area (Å²) in [6.07, 6.45) is 1.46. The molecule has 0 aliphatic carbocycles. The fourth-order valence-electron chi connectivity index (χ4n) is 2.32. The molecule has 0 bridgehead atoms. The van der Waals surface area contributed by atoms with Gasteiger partial charge in [-0.3, -0.25) is 14.5 Å². The summed E-state index contributed by atoms with van der Waals surface area (Å²) in [7, 11) is 1.72. The Labute approximate surface area is 158 Å². The van der Waals surface area contributed by atoms with Gasteiger partial charge in [0.1, 0.15) is 5.82 Å². The van der Waals surface area contributed by atoms with Crippen LogP contribution in [0.4, 0.5) is 11.5 Å². The zero-order valence-corrected chi connectivity index (χ0v) is 16.1. The number of carbonyl (C=O) groups excluding carboxylic acids is 2. The Kier molecular flexibility index (Phi) is 6.71. The molecule has 1 aromatic heterocycles. The van der Waals surface area contributed by atoms with E-state index in [-0.39, 0.29) is 18.4 Å². The number of likely N-dealkylation sites (N-methyl/N-ethyl adjacent to an activating group) is 1. The molecule has 138 valence electrons. The van der Waals surface area contributed by atoms with Crippen LogP contribution < -0.4 is 10.6 Å². The minimum atomic E-state index is -0.503. The van der Waals surface area contributed by atoms with Crippen molar-refractivity contribution in [2.24, 2.45) is 0 Å². The number of amides is 2. The van der Waals surface area contributed by atoms with E-state index in [2.05, 4.69) is 15.6 Å². The molecule has 0 fully saturated rings. The van der Waals surface area contributed by atoms with Crippen molar-refractivity contribution in [3.05, 3.63) is 52.7 Å². The molecule has 1 aromatic carbocycles. The van der Waals surface area contributed by atoms with Crippen LogP contribution >= 0.6 is 11.6 Å². The Bertz CT molecular complexity index is 793. The highest BCUT2D eigenvalue weighted by Gasteiger charge is 2.21. The lowest BCUT2D eigenvalue weighted by Crippen LogP contribution is -2.43. The van der Waals surface area contributed by atoms with Crippen molar-refractivity contribution in [2.45, 2.75) is 26.8 Å². The third-order valence-electron chi connectivity index (χ3n) is 4.29. The van der Waals surface area contributed by atoms with Crippen LogP contribution in [0.15, 0.2) is 36.5 Å². The Hall–Kier alpha value is -2.44. The Balaban J connectivity index is 1.91. The molecule has 0 radical (unpaired) electrons. The monoisotopic (exact) mass is 374 g/mol. The summed E-state index contributed by atoms with van der Waals surface area (Å²) >= 11 is 5.78. The first-order valence-corrected chi connectivity index (χ1v) is 8.64. The van der Waals surface area contributed by atoms with E-state index in [4.69, 9.17) is 11.6 Å². The van der Waals surface area contributed by atoms with Gasteiger partial charge in [0.05, 0.1) is 17.6 Å². The first kappa shape index (κ1) is 19.9. The Morgan fingerprint density at radius 3 is 2.58 bits per heavy atom. The van der Waals surface area contributed by atoms with Crippen LogP contribution in [0.3, 0.4) is 0 Å². The number of nitrogens with zero attached hydrogens (tertiary/aromatic N) is 2. The van der Waals surface area contributed by atoms with Gasteiger partial charge in [-0.05, 0) is 57.1 Å². The summed E-state index contributed by atoms with van der Waals surface area (Å²) in [6, 6.07) is 8.53. The minimum Gasteiger partial charge on any atom is -0.325 e. The number of rotatable bonds is 6. The van der Waals surface area contributed by atoms with Crippen molar-refractivity contribution in [1.82, 2.24) is 9.88 Å². The topological polar surface area (TPSA) is 74.3 Å². The van der Waals surface area contributed by atoms with E-state index < -0.39 is 6.04 Å². The Morgan fingerprint density at radius 2 is 1.92 bits per heavy atom. The van der Waals surface area contributed by atoms with Crippen LogP contribution in [-0.4, -0.2) is 41.3 Å². The maximum atomic E-state index is 12.3. The van der Waals surface area contributed by atoms with E-state index in [9.17, 15) is 9.59 Å². The van der Waals surface area contributed by atoms with Crippen molar-refractivity contribution in [2.75, 3.05) is 24.2 Å². The quantitative estimate of drug-likeness (QED) is 0.813. The van der Waals surface area contributed by atoms with Gasteiger partial charge in [0.2, 0.25) is 11.8 Å². The van der Waals surface area contributed by atoms with E-state index in [0.29, 0.717) is 10.8 Å². The third-order valence-corrected chi connectivity index (χ3v) is 4.51. The van der Waals surface area contributed by atoms with Gasteiger partial charge in [-0.25, -0.2) is 4.98 Å². The molecule has 0 spiro atoms. The summed E-state index contributed by atoms with van der Waals surface area (Å²) < 4.78 is 0. The first-order chi connectivity index (χ1) is 12.3. The molecular formula is C19H23ClN4O2. The molecule has 2 amide bonds. The molecule has 0 saturated heterocycles. The fourth-order valence-corrected chi connectivity index (χ4v) is 2.43. The minimum absolute atomic E-state index is 0.0933. The average Bonchev–Trinajstić information content (AvgIpc) is 2.60. The maximum absolute atomic E-state index is 12.3. The summed E-state index contributed by atoms with van der Waals surface area (Å²) in [6.45, 7) is 5.78. The molecule has 1 heterocycles. The summed E-state index contributed by atoms with van der Waals surface area (Å²) in [5.74, 6) is -0.00758. The lowest BCUT2D eigenvalue weighted by Gasteiger charge is -2.23. The van der Waals surface area contributed by atoms with Gasteiger partial charge in [0.25, 0.3) is 0 Å². The molecule has 0 unspecified atom stereocenters. The average molecular weight is 375 g/mol. The highest BCUT2D eigenvalue weighted by Crippen LogP contribution is 2.18. The van der Waals surface area contributed by atoms with Crippen LogP contribution in [0.5, 0.6) is 0 Å². The number of halogens is 1. The van der Waals surface area contributed by atoms with Gasteiger partial charge < -0.3 is 10.6 Å². The molecule has 1 atom stereocenters. The summed E-state index contributed by atoms with van der Waals surface area (Å²) in [4.78, 5) is 30.3. The van der Waals surface area contributed by atoms with Gasteiger partial charge >= 0.3 is 0 Å².